The zero-order valence-corrected chi connectivity index (χ0v) is 8.50. The third kappa shape index (κ3) is 3.30. The number of rotatable bonds is 4. The zero-order valence-electron chi connectivity index (χ0n) is 8.50. The summed E-state index contributed by atoms with van der Waals surface area (Å²) < 4.78 is 0. The van der Waals surface area contributed by atoms with Gasteiger partial charge in [0.1, 0.15) is 5.69 Å². The van der Waals surface area contributed by atoms with E-state index in [0.717, 1.165) is 0 Å². The molecule has 0 fully saturated rings. The van der Waals surface area contributed by atoms with Crippen LogP contribution < -0.4 is 0 Å². The molecule has 1 rings (SSSR count). The lowest BCUT2D eigenvalue weighted by Crippen LogP contribution is -2.36. The number of aliphatic hydroxyl groups is 2. The van der Waals surface area contributed by atoms with Gasteiger partial charge in [0.25, 0.3) is 5.91 Å². The zero-order chi connectivity index (χ0) is 11.3. The van der Waals surface area contributed by atoms with Gasteiger partial charge in [-0.15, -0.1) is 0 Å². The van der Waals surface area contributed by atoms with Gasteiger partial charge in [-0.2, -0.15) is 0 Å². The molecular weight excluding hydrogens is 196 g/mol. The van der Waals surface area contributed by atoms with Crippen molar-refractivity contribution in [3.8, 4) is 0 Å². The molecule has 15 heavy (non-hydrogen) atoms. The van der Waals surface area contributed by atoms with E-state index in [1.165, 1.54) is 11.1 Å². The summed E-state index contributed by atoms with van der Waals surface area (Å²) in [6, 6.07) is 5.04. The summed E-state index contributed by atoms with van der Waals surface area (Å²) in [6.45, 7) is -0.272. The smallest absolute Gasteiger partial charge is 0.272 e. The van der Waals surface area contributed by atoms with Crippen LogP contribution in [-0.4, -0.2) is 52.3 Å². The highest BCUT2D eigenvalue weighted by Crippen LogP contribution is 2.00. The molecule has 0 aromatic carbocycles. The predicted octanol–water partition coefficient (Wildman–Crippen LogP) is -0.493. The molecule has 0 saturated heterocycles. The van der Waals surface area contributed by atoms with Gasteiger partial charge in [-0.3, -0.25) is 9.78 Å². The number of hydrogen-bond donors (Lipinski definition) is 2. The topological polar surface area (TPSA) is 73.7 Å². The Kier molecular flexibility index (Phi) is 4.20. The Hall–Kier alpha value is -1.46. The van der Waals surface area contributed by atoms with Crippen LogP contribution in [0.5, 0.6) is 0 Å². The Bertz CT molecular complexity index is 316. The second kappa shape index (κ2) is 5.43. The highest BCUT2D eigenvalue weighted by Gasteiger charge is 2.15. The van der Waals surface area contributed by atoms with E-state index in [2.05, 4.69) is 4.98 Å². The van der Waals surface area contributed by atoms with Crippen LogP contribution in [0.25, 0.3) is 0 Å². The van der Waals surface area contributed by atoms with Gasteiger partial charge < -0.3 is 15.1 Å². The summed E-state index contributed by atoms with van der Waals surface area (Å²) in [5, 5.41) is 17.8. The molecule has 0 bridgehead atoms. The molecule has 1 aromatic rings. The van der Waals surface area contributed by atoms with Crippen LogP contribution in [0.2, 0.25) is 0 Å². The van der Waals surface area contributed by atoms with Crippen LogP contribution in [0.3, 0.4) is 0 Å². The van der Waals surface area contributed by atoms with E-state index in [9.17, 15) is 4.79 Å². The lowest BCUT2D eigenvalue weighted by molar-refractivity contribution is 0.0516. The molecule has 0 aliphatic heterocycles. The van der Waals surface area contributed by atoms with Gasteiger partial charge >= 0.3 is 0 Å². The van der Waals surface area contributed by atoms with Crippen molar-refractivity contribution in [2.45, 2.75) is 6.10 Å². The Balaban J connectivity index is 2.61. The minimum Gasteiger partial charge on any atom is -0.394 e. The molecule has 0 spiro atoms. The quantitative estimate of drug-likeness (QED) is 0.703. The number of pyridine rings is 1. The molecule has 0 aliphatic rings. The number of carbonyl (C=O) groups is 1. The number of nitrogens with zero attached hydrogens (tertiary/aromatic N) is 2. The van der Waals surface area contributed by atoms with Crippen molar-refractivity contribution in [2.75, 3.05) is 20.2 Å². The summed E-state index contributed by atoms with van der Waals surface area (Å²) >= 11 is 0. The summed E-state index contributed by atoms with van der Waals surface area (Å²) in [5.74, 6) is -0.275. The van der Waals surface area contributed by atoms with Crippen LogP contribution in [0, 0.1) is 0 Å². The molecule has 2 N–H and O–H groups in total. The first-order valence-corrected chi connectivity index (χ1v) is 4.60. The van der Waals surface area contributed by atoms with E-state index in [0.29, 0.717) is 5.69 Å². The normalized spacial score (nSPS) is 12.2. The lowest BCUT2D eigenvalue weighted by Gasteiger charge is -2.19. The molecular formula is C10H14N2O3. The highest BCUT2D eigenvalue weighted by molar-refractivity contribution is 5.92. The monoisotopic (exact) mass is 210 g/mol. The standard InChI is InChI=1S/C10H14N2O3/c1-12(6-8(14)7-13)10(15)9-4-2-3-5-11-9/h2-5,8,13-14H,6-7H2,1H3. The first-order valence-electron chi connectivity index (χ1n) is 4.60. The van der Waals surface area contributed by atoms with Gasteiger partial charge in [0.15, 0.2) is 0 Å². The Labute approximate surface area is 88.0 Å². The summed E-state index contributed by atoms with van der Waals surface area (Å²) in [7, 11) is 1.55. The molecule has 0 saturated carbocycles. The molecule has 5 nitrogen and oxygen atoms in total. The summed E-state index contributed by atoms with van der Waals surface area (Å²) in [4.78, 5) is 16.9. The van der Waals surface area contributed by atoms with E-state index in [4.69, 9.17) is 10.2 Å². The minimum absolute atomic E-state index is 0.0892. The Morgan fingerprint density at radius 2 is 2.33 bits per heavy atom. The molecule has 1 atom stereocenters. The first-order chi connectivity index (χ1) is 7.15. The van der Waals surface area contributed by atoms with E-state index >= 15 is 0 Å². The molecule has 1 heterocycles. The third-order valence-electron chi connectivity index (χ3n) is 1.93. The third-order valence-corrected chi connectivity index (χ3v) is 1.93. The van der Waals surface area contributed by atoms with Crippen LogP contribution in [0.4, 0.5) is 0 Å². The van der Waals surface area contributed by atoms with Crippen LogP contribution in [-0.2, 0) is 0 Å². The number of amides is 1. The SMILES string of the molecule is CN(CC(O)CO)C(=O)c1ccccn1. The molecule has 1 unspecified atom stereocenters. The van der Waals surface area contributed by atoms with Crippen molar-refractivity contribution in [3.05, 3.63) is 30.1 Å². The van der Waals surface area contributed by atoms with Crippen LogP contribution in [0.15, 0.2) is 24.4 Å². The fourth-order valence-electron chi connectivity index (χ4n) is 1.14. The molecule has 0 aliphatic carbocycles. The van der Waals surface area contributed by atoms with E-state index in [1.54, 1.807) is 25.2 Å². The van der Waals surface area contributed by atoms with Crippen molar-refractivity contribution < 1.29 is 15.0 Å². The van der Waals surface area contributed by atoms with Gasteiger partial charge in [0.05, 0.1) is 12.7 Å². The van der Waals surface area contributed by atoms with Gasteiger partial charge in [-0.05, 0) is 12.1 Å². The molecule has 82 valence electrons. The molecule has 0 radical (unpaired) electrons. The number of aliphatic hydroxyl groups excluding tert-OH is 2. The average Bonchev–Trinajstić information content (AvgIpc) is 2.29. The molecule has 1 aromatic heterocycles. The minimum atomic E-state index is -0.914. The Morgan fingerprint density at radius 3 is 2.87 bits per heavy atom. The van der Waals surface area contributed by atoms with Crippen molar-refractivity contribution in [1.29, 1.82) is 0 Å². The number of hydrogen-bond acceptors (Lipinski definition) is 4. The molecule has 5 heteroatoms. The second-order valence-electron chi connectivity index (χ2n) is 3.24. The lowest BCUT2D eigenvalue weighted by atomic mass is 10.3. The van der Waals surface area contributed by atoms with Gasteiger partial charge in [0.2, 0.25) is 0 Å². The van der Waals surface area contributed by atoms with Crippen molar-refractivity contribution in [2.24, 2.45) is 0 Å². The van der Waals surface area contributed by atoms with Gasteiger partial charge in [-0.1, -0.05) is 6.07 Å². The van der Waals surface area contributed by atoms with Gasteiger partial charge in [0, 0.05) is 19.8 Å². The predicted molar refractivity (Wildman–Crippen MR) is 54.3 cm³/mol. The molecule has 1 amide bonds. The second-order valence-corrected chi connectivity index (χ2v) is 3.24. The van der Waals surface area contributed by atoms with Crippen molar-refractivity contribution >= 4 is 5.91 Å². The largest absolute Gasteiger partial charge is 0.394 e. The number of likely N-dealkylation sites (N-methyl/N-ethyl adjacent to an activating group) is 1. The average molecular weight is 210 g/mol. The summed E-state index contributed by atoms with van der Waals surface area (Å²) in [6.07, 6.45) is 0.617. The number of carbonyl (C=O) groups excluding carboxylic acids is 1. The maximum absolute atomic E-state index is 11.7. The fraction of sp³-hybridized carbons (Fsp3) is 0.400. The van der Waals surface area contributed by atoms with E-state index < -0.39 is 6.10 Å². The highest BCUT2D eigenvalue weighted by atomic mass is 16.3. The Morgan fingerprint density at radius 1 is 1.60 bits per heavy atom. The van der Waals surface area contributed by atoms with E-state index in [1.807, 2.05) is 0 Å². The maximum atomic E-state index is 11.7. The van der Waals surface area contributed by atoms with Crippen molar-refractivity contribution in [3.63, 3.8) is 0 Å². The van der Waals surface area contributed by atoms with Crippen LogP contribution >= 0.6 is 0 Å². The van der Waals surface area contributed by atoms with E-state index in [-0.39, 0.29) is 19.1 Å². The van der Waals surface area contributed by atoms with Crippen molar-refractivity contribution in [1.82, 2.24) is 9.88 Å². The maximum Gasteiger partial charge on any atom is 0.272 e. The first kappa shape index (κ1) is 11.6. The van der Waals surface area contributed by atoms with Gasteiger partial charge in [-0.25, -0.2) is 0 Å². The number of aromatic nitrogens is 1. The summed E-state index contributed by atoms with van der Waals surface area (Å²) in [5.41, 5.74) is 0.324. The fourth-order valence-corrected chi connectivity index (χ4v) is 1.14. The van der Waals surface area contributed by atoms with Crippen LogP contribution in [0.1, 0.15) is 10.5 Å².